The number of aliphatic hydroxyl groups is 9. The fourth-order valence-electron chi connectivity index (χ4n) is 15.8. The van der Waals surface area contributed by atoms with E-state index in [1.54, 1.807) is 0 Å². The molecule has 4 saturated carbocycles. The second-order valence-electron chi connectivity index (χ2n) is 25.8. The molecule has 8 rings (SSSR count). The van der Waals surface area contributed by atoms with E-state index in [-0.39, 0.29) is 54.0 Å². The first kappa shape index (κ1) is 58.9. The third-order valence-corrected chi connectivity index (χ3v) is 20.9. The Bertz CT molecular complexity index is 2070. The molecule has 0 radical (unpaired) electrons. The van der Waals surface area contributed by atoms with Gasteiger partial charge in [-0.2, -0.15) is 0 Å². The lowest BCUT2D eigenvalue weighted by Gasteiger charge is -2.66. The van der Waals surface area contributed by atoms with Crippen molar-refractivity contribution in [2.45, 2.75) is 230 Å². The highest BCUT2D eigenvalue weighted by molar-refractivity contribution is 5.80. The summed E-state index contributed by atoms with van der Waals surface area (Å²) >= 11 is 0. The van der Waals surface area contributed by atoms with Crippen LogP contribution >= 0.6 is 0 Å². The van der Waals surface area contributed by atoms with Gasteiger partial charge in [0.2, 0.25) is 12.2 Å². The number of ether oxygens (including phenoxy) is 6. The number of aliphatic hydroxyl groups excluding tert-OH is 9. The molecular weight excluding hydrogens is 977 g/mol. The molecule has 8 aliphatic rings. The van der Waals surface area contributed by atoms with Gasteiger partial charge >= 0.3 is 5.97 Å². The first-order valence-corrected chi connectivity index (χ1v) is 27.9. The van der Waals surface area contributed by atoms with Gasteiger partial charge in [0.1, 0.15) is 48.3 Å². The van der Waals surface area contributed by atoms with E-state index in [9.17, 15) is 55.5 Å². The van der Waals surface area contributed by atoms with E-state index in [0.717, 1.165) is 37.5 Å². The molecule has 0 spiro atoms. The molecular formula is C55H90N2O18. The highest BCUT2D eigenvalue weighted by Crippen LogP contribution is 2.74. The summed E-state index contributed by atoms with van der Waals surface area (Å²) in [4.78, 5) is 41.9. The lowest BCUT2D eigenvalue weighted by molar-refractivity contribution is -0.365. The Morgan fingerprint density at radius 1 is 0.787 bits per heavy atom. The number of carbonyl (C=O) groups excluding carboxylic acids is 3. The van der Waals surface area contributed by atoms with Crippen molar-refractivity contribution in [1.82, 2.24) is 5.32 Å². The third-order valence-electron chi connectivity index (χ3n) is 20.9. The van der Waals surface area contributed by atoms with Gasteiger partial charge < -0.3 is 90.2 Å². The van der Waals surface area contributed by atoms with Crippen molar-refractivity contribution >= 4 is 18.2 Å². The molecule has 20 heteroatoms. The summed E-state index contributed by atoms with van der Waals surface area (Å²) in [6, 6.07) is -1.32. The van der Waals surface area contributed by atoms with Crippen LogP contribution in [0.3, 0.4) is 0 Å². The van der Waals surface area contributed by atoms with Crippen molar-refractivity contribution in [3.63, 3.8) is 0 Å². The van der Waals surface area contributed by atoms with Gasteiger partial charge in [0.15, 0.2) is 18.7 Å². The Morgan fingerprint density at radius 2 is 1.51 bits per heavy atom. The van der Waals surface area contributed by atoms with E-state index in [4.69, 9.17) is 34.2 Å². The first-order chi connectivity index (χ1) is 35.3. The van der Waals surface area contributed by atoms with Gasteiger partial charge in [-0.1, -0.05) is 59.6 Å². The monoisotopic (exact) mass is 1070 g/mol. The van der Waals surface area contributed by atoms with Gasteiger partial charge in [-0.15, -0.1) is 0 Å². The quantitative estimate of drug-likeness (QED) is 0.0476. The summed E-state index contributed by atoms with van der Waals surface area (Å²) in [6.45, 7) is 13.2. The summed E-state index contributed by atoms with van der Waals surface area (Å²) in [5.74, 6) is -2.97. The van der Waals surface area contributed by atoms with E-state index in [0.29, 0.717) is 51.5 Å². The van der Waals surface area contributed by atoms with Gasteiger partial charge in [0.25, 0.3) is 0 Å². The van der Waals surface area contributed by atoms with Crippen molar-refractivity contribution in [3.8, 4) is 0 Å². The number of hydrogen-bond acceptors (Lipinski definition) is 19. The van der Waals surface area contributed by atoms with Crippen LogP contribution in [0.1, 0.15) is 138 Å². The topological polar surface area (TPSA) is 327 Å². The average molecular weight is 1070 g/mol. The Kier molecular flexibility index (Phi) is 17.6. The number of amides is 1. The predicted octanol–water partition coefficient (Wildman–Crippen LogP) is 1.24. The van der Waals surface area contributed by atoms with Gasteiger partial charge in [-0.05, 0) is 130 Å². The van der Waals surface area contributed by atoms with Crippen molar-refractivity contribution < 1.29 is 88.8 Å². The highest BCUT2D eigenvalue weighted by Gasteiger charge is 2.70. The van der Waals surface area contributed by atoms with Gasteiger partial charge in [-0.3, -0.25) is 9.59 Å². The van der Waals surface area contributed by atoms with Crippen LogP contribution in [0.15, 0.2) is 11.6 Å². The van der Waals surface area contributed by atoms with E-state index < -0.39 is 145 Å². The van der Waals surface area contributed by atoms with E-state index in [1.807, 2.05) is 6.92 Å². The molecule has 12 N–H and O–H groups in total. The zero-order valence-electron chi connectivity index (χ0n) is 45.1. The highest BCUT2D eigenvalue weighted by atomic mass is 16.8. The van der Waals surface area contributed by atoms with Gasteiger partial charge in [0.05, 0.1) is 61.6 Å². The van der Waals surface area contributed by atoms with Crippen LogP contribution in [0.4, 0.5) is 0 Å². The molecule has 7 fully saturated rings. The average Bonchev–Trinajstić information content (AvgIpc) is 3.54. The van der Waals surface area contributed by atoms with Crippen LogP contribution in [-0.4, -0.2) is 183 Å². The van der Waals surface area contributed by atoms with E-state index >= 15 is 4.79 Å². The van der Waals surface area contributed by atoms with Gasteiger partial charge in [0, 0.05) is 6.42 Å². The molecule has 5 aliphatic carbocycles. The number of nitrogens with one attached hydrogen (secondary N) is 1. The molecule has 0 aromatic heterocycles. The van der Waals surface area contributed by atoms with Crippen molar-refractivity contribution in [2.24, 2.45) is 61.9 Å². The SMILES string of the molecule is CC1O[C@@H](OC2C(O)[C@@H](NC(=O)CCCCCN)C(CO)O[C@H]2OC(=O)[C@]23CCC(C)(C)CC2C2=CCC4C5(C)CC[C@H](O)C(C)(C=O)C(CCC4(C)C2(C)CC3O)C5)C(CO)C(O)[C@H]1O[C@@H]1OC[C@@H](O)C(O)C1O. The molecule has 2 bridgehead atoms. The first-order valence-electron chi connectivity index (χ1n) is 27.9. The molecule has 0 aromatic rings. The number of esters is 1. The van der Waals surface area contributed by atoms with E-state index in [1.165, 1.54) is 6.92 Å². The molecule has 24 atom stereocenters. The molecule has 3 heterocycles. The Balaban J connectivity index is 1.11. The normalized spacial score (nSPS) is 49.6. The third kappa shape index (κ3) is 10.3. The molecule has 20 nitrogen and oxygen atoms in total. The number of unbranched alkanes of at least 4 members (excludes halogenated alkanes) is 2. The van der Waals surface area contributed by atoms with E-state index in [2.05, 4.69) is 46.0 Å². The van der Waals surface area contributed by atoms with Crippen molar-refractivity contribution in [3.05, 3.63) is 11.6 Å². The molecule has 75 heavy (non-hydrogen) atoms. The van der Waals surface area contributed by atoms with Crippen molar-refractivity contribution in [2.75, 3.05) is 26.4 Å². The summed E-state index contributed by atoms with van der Waals surface area (Å²) in [7, 11) is 0. The molecule has 428 valence electrons. The van der Waals surface area contributed by atoms with Crippen molar-refractivity contribution in [1.29, 1.82) is 0 Å². The minimum atomic E-state index is -1.80. The van der Waals surface area contributed by atoms with Crippen LogP contribution in [0.25, 0.3) is 0 Å². The van der Waals surface area contributed by atoms with Crippen LogP contribution in [0.2, 0.25) is 0 Å². The molecule has 0 aromatic carbocycles. The molecule has 3 aliphatic heterocycles. The molecule has 3 saturated heterocycles. The smallest absolute Gasteiger partial charge is 0.317 e. The minimum absolute atomic E-state index is 0.0370. The summed E-state index contributed by atoms with van der Waals surface area (Å²) in [5.41, 5.74) is 2.92. The maximum Gasteiger partial charge on any atom is 0.317 e. The molecule has 16 unspecified atom stereocenters. The summed E-state index contributed by atoms with van der Waals surface area (Å²) < 4.78 is 36.9. The number of carbonyl (C=O) groups is 3. The zero-order valence-corrected chi connectivity index (χ0v) is 45.1. The fourth-order valence-corrected chi connectivity index (χ4v) is 15.8. The predicted molar refractivity (Wildman–Crippen MR) is 267 cm³/mol. The second-order valence-corrected chi connectivity index (χ2v) is 25.8. The van der Waals surface area contributed by atoms with Crippen LogP contribution in [0.5, 0.6) is 0 Å². The number of nitrogens with two attached hydrogens (primary N) is 1. The zero-order chi connectivity index (χ0) is 54.8. The fraction of sp³-hybridized carbons (Fsp3) is 0.909. The Hall–Kier alpha value is -2.25. The maximum absolute atomic E-state index is 15.7. The lowest BCUT2D eigenvalue weighted by Crippen LogP contribution is -2.68. The largest absolute Gasteiger partial charge is 0.432 e. The van der Waals surface area contributed by atoms with Crippen LogP contribution < -0.4 is 11.1 Å². The Morgan fingerprint density at radius 3 is 2.19 bits per heavy atom. The minimum Gasteiger partial charge on any atom is -0.432 e. The second kappa shape index (κ2) is 22.4. The van der Waals surface area contributed by atoms with Crippen LogP contribution in [-0.2, 0) is 42.8 Å². The number of rotatable bonds is 15. The lowest BCUT2D eigenvalue weighted by atomic mass is 9.38. The Labute approximate surface area is 441 Å². The molecule has 1 amide bonds. The van der Waals surface area contributed by atoms with Crippen LogP contribution in [0, 0.1) is 56.2 Å². The summed E-state index contributed by atoms with van der Waals surface area (Å²) in [5, 5.41) is 104. The number of fused-ring (bicyclic) bond motifs is 8. The van der Waals surface area contributed by atoms with Gasteiger partial charge in [-0.25, -0.2) is 0 Å². The maximum atomic E-state index is 15.7. The standard InChI is InChI=1S/C55H90N2O18/c1-28-44(73-47-43(68)41(66)33(61)26-70-47)40(65)30(24-58)46(71-28)74-45-42(67)39(57-38(64)11-9-8-10-20-56)34(25-59)72-48(45)75-49(69)55-19-18-50(2,3)22-32(55)31-12-13-35-51(4)16-15-36(62)52(5,27-60)29(21-51)14-17-53(35,6)54(31,7)23-37(55)63/h12,27-30,32-37,39-48,58-59,61-63,65-68H,8-11,13-26,56H2,1-7H3,(H,57,64)/t28?,29?,30?,32?,33-,34?,35?,36+,37?,39+,40?,41?,42?,43?,44+,45?,46+,47+,48+,51?,52?,53?,54?,55-/m1/s1. The number of aldehydes is 1. The summed E-state index contributed by atoms with van der Waals surface area (Å²) in [6.07, 6.45) is -9.22. The number of hydrogen-bond donors (Lipinski definition) is 11. The number of allylic oxidation sites excluding steroid dienone is 2.